The summed E-state index contributed by atoms with van der Waals surface area (Å²) in [5.74, 6) is 0. The lowest BCUT2D eigenvalue weighted by molar-refractivity contribution is 0.0369. The Balaban J connectivity index is 1.56. The van der Waals surface area contributed by atoms with Crippen molar-refractivity contribution in [2.45, 2.75) is 38.9 Å². The van der Waals surface area contributed by atoms with Crippen molar-refractivity contribution in [3.8, 4) is 0 Å². The van der Waals surface area contributed by atoms with Crippen molar-refractivity contribution >= 4 is 17.3 Å². The van der Waals surface area contributed by atoms with Crippen molar-refractivity contribution in [1.29, 1.82) is 0 Å². The summed E-state index contributed by atoms with van der Waals surface area (Å²) < 4.78 is 7.88. The summed E-state index contributed by atoms with van der Waals surface area (Å²) in [6, 6.07) is 8.23. The van der Waals surface area contributed by atoms with Crippen molar-refractivity contribution in [2.24, 2.45) is 0 Å². The highest BCUT2D eigenvalue weighted by molar-refractivity contribution is 7.80. The van der Waals surface area contributed by atoms with Crippen molar-refractivity contribution in [3.63, 3.8) is 0 Å². The molecule has 8 heteroatoms. The molecule has 7 nitrogen and oxygen atoms in total. The van der Waals surface area contributed by atoms with Crippen LogP contribution in [0, 0.1) is 13.8 Å². The lowest BCUT2D eigenvalue weighted by Crippen LogP contribution is -2.37. The summed E-state index contributed by atoms with van der Waals surface area (Å²) in [7, 11) is 0. The zero-order valence-corrected chi connectivity index (χ0v) is 19.3. The highest BCUT2D eigenvalue weighted by Gasteiger charge is 2.40. The Hall–Kier alpha value is -2.00. The Bertz CT molecular complexity index is 882. The minimum absolute atomic E-state index is 0.00810. The molecule has 2 saturated heterocycles. The van der Waals surface area contributed by atoms with E-state index in [0.717, 1.165) is 51.5 Å². The molecule has 2 aromatic rings. The lowest BCUT2D eigenvalue weighted by Gasteiger charge is -2.28. The Morgan fingerprint density at radius 3 is 2.71 bits per heavy atom. The number of aliphatic hydroxyl groups is 1. The standard InChI is InChI=1S/C23H33N5O2S/c1-17-16-19(18(2)27(17)9-5-8-26-11-14-30-15-12-26)22-21(20-6-3-4-7-24-20)25-23(31)28(22)10-13-29/h3-4,6-7,16,21-22,29H,5,8-15H2,1-2H3,(H,25,31)/t21-,22-/m0/s1. The van der Waals surface area contributed by atoms with Crippen LogP contribution in [-0.4, -0.2) is 75.6 Å². The molecular weight excluding hydrogens is 410 g/mol. The van der Waals surface area contributed by atoms with Crippen LogP contribution in [0.3, 0.4) is 0 Å². The van der Waals surface area contributed by atoms with Crippen molar-refractivity contribution in [3.05, 3.63) is 53.1 Å². The SMILES string of the molecule is Cc1cc([C@H]2[C@H](c3ccccn3)NC(=S)N2CCO)c(C)n1CCCN1CCOCC1. The minimum atomic E-state index is -0.0393. The Labute approximate surface area is 190 Å². The maximum absolute atomic E-state index is 9.67. The molecule has 0 radical (unpaired) electrons. The van der Waals surface area contributed by atoms with Gasteiger partial charge >= 0.3 is 0 Å². The van der Waals surface area contributed by atoms with Crippen molar-refractivity contribution in [1.82, 2.24) is 24.7 Å². The number of rotatable bonds is 8. The number of nitrogens with one attached hydrogen (secondary N) is 1. The fourth-order valence-corrected chi connectivity index (χ4v) is 5.17. The van der Waals surface area contributed by atoms with Crippen LogP contribution >= 0.6 is 12.2 Å². The maximum atomic E-state index is 9.67. The molecule has 2 atom stereocenters. The summed E-state index contributed by atoms with van der Waals surface area (Å²) >= 11 is 5.64. The molecule has 4 rings (SSSR count). The van der Waals surface area contributed by atoms with Crippen molar-refractivity contribution < 1.29 is 9.84 Å². The van der Waals surface area contributed by atoms with Crippen LogP contribution in [0.1, 0.15) is 41.1 Å². The first-order valence-corrected chi connectivity index (χ1v) is 11.6. The summed E-state index contributed by atoms with van der Waals surface area (Å²) in [5, 5.41) is 13.8. The Kier molecular flexibility index (Phi) is 7.22. The molecule has 2 aliphatic rings. The molecule has 31 heavy (non-hydrogen) atoms. The largest absolute Gasteiger partial charge is 0.395 e. The number of thiocarbonyl (C=S) groups is 1. The number of aliphatic hydroxyl groups excluding tert-OH is 1. The first kappa shape index (κ1) is 22.2. The predicted octanol–water partition coefficient (Wildman–Crippen LogP) is 2.19. The van der Waals surface area contributed by atoms with E-state index >= 15 is 0 Å². The van der Waals surface area contributed by atoms with E-state index in [2.05, 4.69) is 44.6 Å². The quantitative estimate of drug-likeness (QED) is 0.606. The zero-order chi connectivity index (χ0) is 21.8. The van der Waals surface area contributed by atoms with E-state index in [1.165, 1.54) is 17.0 Å². The molecule has 0 unspecified atom stereocenters. The van der Waals surface area contributed by atoms with E-state index in [1.807, 2.05) is 24.4 Å². The van der Waals surface area contributed by atoms with Gasteiger partial charge in [0, 0.05) is 50.3 Å². The second-order valence-electron chi connectivity index (χ2n) is 8.33. The molecule has 0 bridgehead atoms. The average molecular weight is 444 g/mol. The number of nitrogens with zero attached hydrogens (tertiary/aromatic N) is 4. The number of hydrogen-bond acceptors (Lipinski definition) is 5. The van der Waals surface area contributed by atoms with Crippen molar-refractivity contribution in [2.75, 3.05) is 46.0 Å². The Morgan fingerprint density at radius 1 is 1.19 bits per heavy atom. The van der Waals surface area contributed by atoms with Crippen LogP contribution < -0.4 is 5.32 Å². The fourth-order valence-electron chi connectivity index (χ4n) is 4.84. The molecule has 0 saturated carbocycles. The topological polar surface area (TPSA) is 65.8 Å². The van der Waals surface area contributed by atoms with Gasteiger partial charge in [-0.05, 0) is 56.2 Å². The van der Waals surface area contributed by atoms with Gasteiger partial charge in [0.1, 0.15) is 0 Å². The van der Waals surface area contributed by atoms with E-state index < -0.39 is 0 Å². The summed E-state index contributed by atoms with van der Waals surface area (Å²) in [6.07, 6.45) is 2.93. The van der Waals surface area contributed by atoms with Gasteiger partial charge in [0.15, 0.2) is 5.11 Å². The van der Waals surface area contributed by atoms with Gasteiger partial charge in [-0.1, -0.05) is 6.07 Å². The molecule has 168 valence electrons. The molecule has 0 aromatic carbocycles. The first-order valence-electron chi connectivity index (χ1n) is 11.2. The molecule has 2 aromatic heterocycles. The maximum Gasteiger partial charge on any atom is 0.170 e. The number of aromatic nitrogens is 2. The second-order valence-corrected chi connectivity index (χ2v) is 8.72. The smallest absolute Gasteiger partial charge is 0.170 e. The molecule has 4 heterocycles. The van der Waals surface area contributed by atoms with Gasteiger partial charge in [0.2, 0.25) is 0 Å². The van der Waals surface area contributed by atoms with Crippen LogP contribution in [0.5, 0.6) is 0 Å². The van der Waals surface area contributed by atoms with Crippen LogP contribution in [0.4, 0.5) is 0 Å². The van der Waals surface area contributed by atoms with Gasteiger partial charge < -0.3 is 24.6 Å². The highest BCUT2D eigenvalue weighted by atomic mass is 32.1. The Morgan fingerprint density at radius 2 is 2.00 bits per heavy atom. The van der Waals surface area contributed by atoms with Crippen LogP contribution in [-0.2, 0) is 11.3 Å². The van der Waals surface area contributed by atoms with Gasteiger partial charge in [-0.2, -0.15) is 0 Å². The van der Waals surface area contributed by atoms with Crippen LogP contribution in [0.2, 0.25) is 0 Å². The molecule has 0 amide bonds. The van der Waals surface area contributed by atoms with Gasteiger partial charge in [-0.15, -0.1) is 0 Å². The number of morpholine rings is 1. The number of hydrogen-bond donors (Lipinski definition) is 2. The van der Waals surface area contributed by atoms with Gasteiger partial charge in [-0.3, -0.25) is 9.88 Å². The normalized spacial score (nSPS) is 22.2. The molecule has 2 aliphatic heterocycles. The van der Waals surface area contributed by atoms with Gasteiger partial charge in [0.05, 0.1) is 37.6 Å². The summed E-state index contributed by atoms with van der Waals surface area (Å²) in [4.78, 5) is 9.18. The number of pyridine rings is 1. The third-order valence-electron chi connectivity index (χ3n) is 6.43. The van der Waals surface area contributed by atoms with Gasteiger partial charge in [0.25, 0.3) is 0 Å². The fraction of sp³-hybridized carbons (Fsp3) is 0.565. The average Bonchev–Trinajstić information content (AvgIpc) is 3.26. The molecule has 2 N–H and O–H groups in total. The zero-order valence-electron chi connectivity index (χ0n) is 18.5. The molecule has 2 fully saturated rings. The van der Waals surface area contributed by atoms with E-state index in [-0.39, 0.29) is 18.7 Å². The van der Waals surface area contributed by atoms with E-state index in [0.29, 0.717) is 11.7 Å². The van der Waals surface area contributed by atoms with E-state index in [1.54, 1.807) is 0 Å². The minimum Gasteiger partial charge on any atom is -0.395 e. The number of ether oxygens (including phenoxy) is 1. The number of aryl methyl sites for hydroxylation is 1. The third-order valence-corrected chi connectivity index (χ3v) is 6.78. The molecular formula is C23H33N5O2S. The number of β-amino-alcohol motifs (C(OH)–C–C–N with tert-alkyl or cyclic N) is 1. The monoisotopic (exact) mass is 443 g/mol. The third kappa shape index (κ3) is 4.77. The van der Waals surface area contributed by atoms with Crippen LogP contribution in [0.25, 0.3) is 0 Å². The second kappa shape index (κ2) is 10.1. The lowest BCUT2D eigenvalue weighted by atomic mass is 9.97. The van der Waals surface area contributed by atoms with Gasteiger partial charge in [-0.25, -0.2) is 0 Å². The molecule has 0 aliphatic carbocycles. The molecule has 0 spiro atoms. The van der Waals surface area contributed by atoms with E-state index in [9.17, 15) is 5.11 Å². The van der Waals surface area contributed by atoms with Crippen LogP contribution in [0.15, 0.2) is 30.5 Å². The summed E-state index contributed by atoms with van der Waals surface area (Å²) in [6.45, 7) is 10.8. The van der Waals surface area contributed by atoms with E-state index in [4.69, 9.17) is 17.0 Å². The summed E-state index contributed by atoms with van der Waals surface area (Å²) in [5.41, 5.74) is 4.74. The first-order chi connectivity index (χ1) is 15.1. The predicted molar refractivity (Wildman–Crippen MR) is 125 cm³/mol. The highest BCUT2D eigenvalue weighted by Crippen LogP contribution is 2.40.